The van der Waals surface area contributed by atoms with Crippen LogP contribution in [0.5, 0.6) is 5.75 Å². The van der Waals surface area contributed by atoms with Gasteiger partial charge >= 0.3 is 0 Å². The largest absolute Gasteiger partial charge is 0.497 e. The van der Waals surface area contributed by atoms with Crippen LogP contribution in [-0.2, 0) is 4.79 Å². The summed E-state index contributed by atoms with van der Waals surface area (Å²) in [6, 6.07) is 12.4. The first-order chi connectivity index (χ1) is 11.5. The molecule has 0 N–H and O–H groups in total. The molecule has 0 aliphatic carbocycles. The predicted molar refractivity (Wildman–Crippen MR) is 98.0 cm³/mol. The first-order valence-electron chi connectivity index (χ1n) is 7.20. The Bertz CT molecular complexity index is 875. The molecule has 1 aliphatic rings. The van der Waals surface area contributed by atoms with E-state index in [0.717, 1.165) is 11.3 Å². The molecule has 122 valence electrons. The summed E-state index contributed by atoms with van der Waals surface area (Å²) in [5.74, 6) is 0.513. The van der Waals surface area contributed by atoms with Crippen LogP contribution < -0.4 is 9.75 Å². The molecule has 2 aromatic rings. The second-order valence-electron chi connectivity index (χ2n) is 5.24. The first kappa shape index (κ1) is 16.6. The first-order valence-corrected chi connectivity index (χ1v) is 7.96. The summed E-state index contributed by atoms with van der Waals surface area (Å²) in [5, 5.41) is 6.46. The Hall–Kier alpha value is -2.30. The van der Waals surface area contributed by atoms with Gasteiger partial charge in [-0.2, -0.15) is 10.1 Å². The Morgan fingerprint density at radius 1 is 1.12 bits per heavy atom. The van der Waals surface area contributed by atoms with E-state index in [1.807, 2.05) is 24.3 Å². The molecule has 1 heterocycles. The monoisotopic (exact) mass is 360 g/mol. The van der Waals surface area contributed by atoms with Gasteiger partial charge in [0, 0.05) is 0 Å². The highest BCUT2D eigenvalue weighted by atomic mass is 35.5. The molecule has 0 spiro atoms. The molecule has 24 heavy (non-hydrogen) atoms. The SMILES string of the molecule is COc1cccc(C=C2C(=O)N(c3ccc(Cl)c(Cl)c3)N=C2C)c1. The van der Waals surface area contributed by atoms with Gasteiger partial charge < -0.3 is 4.74 Å². The van der Waals surface area contributed by atoms with Gasteiger partial charge in [0.2, 0.25) is 0 Å². The van der Waals surface area contributed by atoms with Gasteiger partial charge in [-0.25, -0.2) is 0 Å². The van der Waals surface area contributed by atoms with Crippen LogP contribution in [0.2, 0.25) is 10.0 Å². The van der Waals surface area contributed by atoms with Crippen molar-refractivity contribution >= 4 is 46.6 Å². The molecule has 0 unspecified atom stereocenters. The van der Waals surface area contributed by atoms with Gasteiger partial charge in [0.1, 0.15) is 5.75 Å². The molecule has 0 radical (unpaired) electrons. The number of rotatable bonds is 3. The van der Waals surface area contributed by atoms with Crippen LogP contribution in [0.4, 0.5) is 5.69 Å². The number of hydrogen-bond donors (Lipinski definition) is 0. The van der Waals surface area contributed by atoms with Crippen molar-refractivity contribution in [2.24, 2.45) is 5.10 Å². The van der Waals surface area contributed by atoms with Gasteiger partial charge in [-0.1, -0.05) is 35.3 Å². The number of halogens is 2. The van der Waals surface area contributed by atoms with Crippen molar-refractivity contribution in [1.29, 1.82) is 0 Å². The van der Waals surface area contributed by atoms with E-state index in [2.05, 4.69) is 5.10 Å². The second kappa shape index (κ2) is 6.67. The summed E-state index contributed by atoms with van der Waals surface area (Å²) in [5.41, 5.74) is 2.59. The minimum Gasteiger partial charge on any atom is -0.497 e. The van der Waals surface area contributed by atoms with Gasteiger partial charge in [-0.05, 0) is 48.9 Å². The van der Waals surface area contributed by atoms with Crippen LogP contribution in [0.25, 0.3) is 6.08 Å². The van der Waals surface area contributed by atoms with Gasteiger partial charge in [-0.3, -0.25) is 4.79 Å². The minimum atomic E-state index is -0.214. The van der Waals surface area contributed by atoms with E-state index in [1.165, 1.54) is 5.01 Å². The van der Waals surface area contributed by atoms with Crippen molar-refractivity contribution in [2.45, 2.75) is 6.92 Å². The number of ether oxygens (including phenoxy) is 1. The fraction of sp³-hybridized carbons (Fsp3) is 0.111. The summed E-state index contributed by atoms with van der Waals surface area (Å²) in [6.45, 7) is 1.79. The molecule has 2 aromatic carbocycles. The number of hydrogen-bond acceptors (Lipinski definition) is 3. The predicted octanol–water partition coefficient (Wildman–Crippen LogP) is 4.81. The summed E-state index contributed by atoms with van der Waals surface area (Å²) in [7, 11) is 1.60. The maximum absolute atomic E-state index is 12.7. The summed E-state index contributed by atoms with van der Waals surface area (Å²) in [6.07, 6.45) is 1.79. The van der Waals surface area contributed by atoms with Crippen molar-refractivity contribution in [3.8, 4) is 5.75 Å². The topological polar surface area (TPSA) is 41.9 Å². The molecule has 6 heteroatoms. The van der Waals surface area contributed by atoms with Gasteiger partial charge in [0.15, 0.2) is 0 Å². The lowest BCUT2D eigenvalue weighted by molar-refractivity contribution is -0.114. The molecule has 0 bridgehead atoms. The maximum atomic E-state index is 12.7. The van der Waals surface area contributed by atoms with Crippen molar-refractivity contribution in [2.75, 3.05) is 12.1 Å². The fourth-order valence-corrected chi connectivity index (χ4v) is 2.67. The number of benzene rings is 2. The third-order valence-electron chi connectivity index (χ3n) is 3.62. The number of amides is 1. The van der Waals surface area contributed by atoms with Gasteiger partial charge in [0.25, 0.3) is 5.91 Å². The van der Waals surface area contributed by atoms with Gasteiger partial charge in [-0.15, -0.1) is 0 Å². The van der Waals surface area contributed by atoms with Crippen LogP contribution >= 0.6 is 23.2 Å². The Kier molecular flexibility index (Phi) is 4.60. The highest BCUT2D eigenvalue weighted by Crippen LogP contribution is 2.31. The number of carbonyl (C=O) groups is 1. The molecule has 0 saturated heterocycles. The third kappa shape index (κ3) is 3.16. The van der Waals surface area contributed by atoms with E-state index in [0.29, 0.717) is 27.0 Å². The molecule has 4 nitrogen and oxygen atoms in total. The second-order valence-corrected chi connectivity index (χ2v) is 6.05. The summed E-state index contributed by atoms with van der Waals surface area (Å²) in [4.78, 5) is 12.7. The Morgan fingerprint density at radius 2 is 1.92 bits per heavy atom. The van der Waals surface area contributed by atoms with Gasteiger partial charge in [0.05, 0.1) is 34.1 Å². The van der Waals surface area contributed by atoms with Crippen molar-refractivity contribution < 1.29 is 9.53 Å². The number of carbonyl (C=O) groups excluding carboxylic acids is 1. The van der Waals surface area contributed by atoms with Crippen LogP contribution in [0.1, 0.15) is 12.5 Å². The summed E-state index contributed by atoms with van der Waals surface area (Å²) >= 11 is 12.0. The van der Waals surface area contributed by atoms with Crippen LogP contribution in [0, 0.1) is 0 Å². The number of anilines is 1. The lowest BCUT2D eigenvalue weighted by Crippen LogP contribution is -2.21. The molecular formula is C18H14Cl2N2O2. The molecule has 0 saturated carbocycles. The van der Waals surface area contributed by atoms with Crippen LogP contribution in [0.15, 0.2) is 53.1 Å². The third-order valence-corrected chi connectivity index (χ3v) is 4.35. The average molecular weight is 361 g/mol. The number of nitrogens with zero attached hydrogens (tertiary/aromatic N) is 2. The molecule has 0 atom stereocenters. The van der Waals surface area contributed by atoms with E-state index in [-0.39, 0.29) is 5.91 Å². The molecular weight excluding hydrogens is 347 g/mol. The normalized spacial score (nSPS) is 15.8. The average Bonchev–Trinajstić information content (AvgIpc) is 2.86. The molecule has 1 aliphatic heterocycles. The zero-order valence-electron chi connectivity index (χ0n) is 13.1. The molecule has 1 amide bonds. The molecule has 0 fully saturated rings. The van der Waals surface area contributed by atoms with E-state index in [4.69, 9.17) is 27.9 Å². The smallest absolute Gasteiger partial charge is 0.280 e. The highest BCUT2D eigenvalue weighted by Gasteiger charge is 2.29. The zero-order chi connectivity index (χ0) is 17.3. The maximum Gasteiger partial charge on any atom is 0.280 e. The van der Waals surface area contributed by atoms with E-state index < -0.39 is 0 Å². The van der Waals surface area contributed by atoms with Crippen molar-refractivity contribution in [3.05, 3.63) is 63.6 Å². The van der Waals surface area contributed by atoms with E-state index in [1.54, 1.807) is 38.3 Å². The number of methoxy groups -OCH3 is 1. The molecule has 0 aromatic heterocycles. The van der Waals surface area contributed by atoms with Crippen LogP contribution in [0.3, 0.4) is 0 Å². The number of hydrazone groups is 1. The van der Waals surface area contributed by atoms with Crippen molar-refractivity contribution in [3.63, 3.8) is 0 Å². The standard InChI is InChI=1S/C18H14Cl2N2O2/c1-11-15(9-12-4-3-5-14(8-12)24-2)18(23)22(21-11)13-6-7-16(19)17(20)10-13/h3-10H,1-2H3. The Balaban J connectivity index is 1.95. The fourth-order valence-electron chi connectivity index (χ4n) is 2.37. The lowest BCUT2D eigenvalue weighted by atomic mass is 10.1. The van der Waals surface area contributed by atoms with E-state index in [9.17, 15) is 4.79 Å². The van der Waals surface area contributed by atoms with Crippen LogP contribution in [-0.4, -0.2) is 18.7 Å². The Labute approximate surface area is 149 Å². The quantitative estimate of drug-likeness (QED) is 0.737. The van der Waals surface area contributed by atoms with Crippen molar-refractivity contribution in [1.82, 2.24) is 0 Å². The lowest BCUT2D eigenvalue weighted by Gasteiger charge is -2.12. The Morgan fingerprint density at radius 3 is 2.62 bits per heavy atom. The minimum absolute atomic E-state index is 0.214. The van der Waals surface area contributed by atoms with E-state index >= 15 is 0 Å². The zero-order valence-corrected chi connectivity index (χ0v) is 14.6. The molecule has 3 rings (SSSR count). The highest BCUT2D eigenvalue weighted by molar-refractivity contribution is 6.42. The summed E-state index contributed by atoms with van der Waals surface area (Å²) < 4.78 is 5.21.